The minimum absolute atomic E-state index is 0.0380. The van der Waals surface area contributed by atoms with E-state index in [1.54, 1.807) is 16.8 Å². The van der Waals surface area contributed by atoms with Crippen LogP contribution in [0.5, 0.6) is 0 Å². The molecule has 0 radical (unpaired) electrons. The van der Waals surface area contributed by atoms with Crippen LogP contribution in [-0.2, 0) is 13.0 Å². The Kier molecular flexibility index (Phi) is 5.34. The van der Waals surface area contributed by atoms with Gasteiger partial charge in [0.15, 0.2) is 11.0 Å². The molecule has 0 saturated heterocycles. The molecule has 158 valence electrons. The second-order valence-corrected chi connectivity index (χ2v) is 9.12. The molecule has 1 aromatic carbocycles. The zero-order chi connectivity index (χ0) is 21.4. The molecule has 1 amide bonds. The maximum Gasteiger partial charge on any atom is 0.297 e. The molecule has 0 bridgehead atoms. The summed E-state index contributed by atoms with van der Waals surface area (Å²) in [7, 11) is 0. The lowest BCUT2D eigenvalue weighted by atomic mass is 10.2. The molecule has 0 saturated carbocycles. The fourth-order valence-corrected chi connectivity index (χ4v) is 5.20. The lowest BCUT2D eigenvalue weighted by Gasteiger charge is -2.23. The van der Waals surface area contributed by atoms with Crippen molar-refractivity contribution in [1.29, 1.82) is 0 Å². The Balaban J connectivity index is 1.44. The molecule has 5 rings (SSSR count). The normalized spacial score (nSPS) is 13.9. The van der Waals surface area contributed by atoms with E-state index in [0.717, 1.165) is 36.6 Å². The average molecular weight is 455 g/mol. The van der Waals surface area contributed by atoms with Crippen LogP contribution >= 0.6 is 22.7 Å². The number of thiophene rings is 1. The van der Waals surface area contributed by atoms with Gasteiger partial charge in [0, 0.05) is 24.4 Å². The van der Waals surface area contributed by atoms with Crippen molar-refractivity contribution < 1.29 is 9.18 Å². The monoisotopic (exact) mass is 454 g/mol. The number of aromatic nitrogens is 4. The number of hydrogen-bond donors (Lipinski definition) is 1. The van der Waals surface area contributed by atoms with Crippen LogP contribution in [0, 0.1) is 5.82 Å². The van der Waals surface area contributed by atoms with Crippen LogP contribution in [0.4, 0.5) is 9.52 Å². The molecule has 1 aliphatic heterocycles. The third-order valence-electron chi connectivity index (χ3n) is 5.10. The van der Waals surface area contributed by atoms with Crippen LogP contribution in [0.25, 0.3) is 16.4 Å². The number of rotatable bonds is 5. The predicted molar refractivity (Wildman–Crippen MR) is 119 cm³/mol. The minimum Gasteiger partial charge on any atom is -0.298 e. The van der Waals surface area contributed by atoms with E-state index in [1.807, 2.05) is 17.5 Å². The fraction of sp³-hybridized carbons (Fsp3) is 0.238. The Morgan fingerprint density at radius 2 is 2.06 bits per heavy atom. The highest BCUT2D eigenvalue weighted by molar-refractivity contribution is 7.16. The van der Waals surface area contributed by atoms with Crippen molar-refractivity contribution in [3.05, 3.63) is 64.0 Å². The van der Waals surface area contributed by atoms with Gasteiger partial charge >= 0.3 is 0 Å². The molecule has 0 fully saturated rings. The molecule has 0 spiro atoms. The second-order valence-electron chi connectivity index (χ2n) is 7.09. The van der Waals surface area contributed by atoms with Crippen LogP contribution in [-0.4, -0.2) is 43.6 Å². The molecule has 4 aromatic rings. The van der Waals surface area contributed by atoms with Gasteiger partial charge in [-0.05, 0) is 42.3 Å². The molecule has 0 unspecified atom stereocenters. The maximum atomic E-state index is 13.4. The summed E-state index contributed by atoms with van der Waals surface area (Å²) in [6.07, 6.45) is 0.884. The quantitative estimate of drug-likeness (QED) is 0.489. The van der Waals surface area contributed by atoms with E-state index in [1.165, 1.54) is 39.7 Å². The third-order valence-corrected chi connectivity index (χ3v) is 6.96. The van der Waals surface area contributed by atoms with Gasteiger partial charge in [0.1, 0.15) is 5.82 Å². The number of anilines is 1. The van der Waals surface area contributed by atoms with Crippen molar-refractivity contribution in [3.63, 3.8) is 0 Å². The van der Waals surface area contributed by atoms with Gasteiger partial charge in [-0.3, -0.25) is 15.0 Å². The Labute approximate surface area is 186 Å². The first-order valence-corrected chi connectivity index (χ1v) is 11.6. The average Bonchev–Trinajstić information content (AvgIpc) is 3.52. The van der Waals surface area contributed by atoms with Crippen molar-refractivity contribution in [2.24, 2.45) is 0 Å². The Morgan fingerprint density at radius 3 is 2.81 bits per heavy atom. The summed E-state index contributed by atoms with van der Waals surface area (Å²) < 4.78 is 14.9. The number of halogens is 1. The highest BCUT2D eigenvalue weighted by Crippen LogP contribution is 2.29. The lowest BCUT2D eigenvalue weighted by Crippen LogP contribution is -2.29. The van der Waals surface area contributed by atoms with E-state index in [9.17, 15) is 9.18 Å². The highest BCUT2D eigenvalue weighted by Gasteiger charge is 2.23. The zero-order valence-corrected chi connectivity index (χ0v) is 18.3. The standard InChI is InChI=1S/C21H19FN6OS2/c1-2-27-10-9-15-17(12-27)31-21(23-15)25-20(29)18-24-19(16-4-3-11-30-16)28(26-18)14-7-5-13(22)6-8-14/h3-8,11H,2,9-10,12H2,1H3,(H,23,25,29). The van der Waals surface area contributed by atoms with E-state index in [2.05, 4.69) is 32.2 Å². The Morgan fingerprint density at radius 1 is 1.23 bits per heavy atom. The van der Waals surface area contributed by atoms with Crippen LogP contribution in [0.2, 0.25) is 0 Å². The van der Waals surface area contributed by atoms with E-state index in [-0.39, 0.29) is 11.6 Å². The number of carbonyl (C=O) groups excluding carboxylic acids is 1. The molecule has 10 heteroatoms. The summed E-state index contributed by atoms with van der Waals surface area (Å²) in [5, 5.41) is 9.75. The molecule has 0 atom stereocenters. The summed E-state index contributed by atoms with van der Waals surface area (Å²) >= 11 is 2.99. The van der Waals surface area contributed by atoms with Gasteiger partial charge in [0.25, 0.3) is 5.91 Å². The predicted octanol–water partition coefficient (Wildman–Crippen LogP) is 4.22. The molecule has 31 heavy (non-hydrogen) atoms. The number of nitrogens with zero attached hydrogens (tertiary/aromatic N) is 5. The van der Waals surface area contributed by atoms with Crippen molar-refractivity contribution in [1.82, 2.24) is 24.6 Å². The van der Waals surface area contributed by atoms with E-state index >= 15 is 0 Å². The van der Waals surface area contributed by atoms with Crippen molar-refractivity contribution >= 4 is 33.7 Å². The number of likely N-dealkylation sites (N-methyl/N-ethyl adjacent to an activating group) is 1. The number of thiazole rings is 1. The SMILES string of the molecule is CCN1CCc2nc(NC(=O)c3nc(-c4cccs4)n(-c4ccc(F)cc4)n3)sc2C1. The number of fused-ring (bicyclic) bond motifs is 1. The van der Waals surface area contributed by atoms with Gasteiger partial charge in [-0.25, -0.2) is 19.0 Å². The molecule has 1 aliphatic rings. The second kappa shape index (κ2) is 8.29. The first-order chi connectivity index (χ1) is 15.1. The molecule has 1 N–H and O–H groups in total. The molecule has 3 aromatic heterocycles. The van der Waals surface area contributed by atoms with E-state index in [4.69, 9.17) is 0 Å². The lowest BCUT2D eigenvalue weighted by molar-refractivity contribution is 0.101. The first-order valence-electron chi connectivity index (χ1n) is 9.90. The van der Waals surface area contributed by atoms with Crippen LogP contribution < -0.4 is 5.32 Å². The topological polar surface area (TPSA) is 75.9 Å². The minimum atomic E-state index is -0.419. The molecule has 7 nitrogen and oxygen atoms in total. The fourth-order valence-electron chi connectivity index (χ4n) is 3.46. The maximum absolute atomic E-state index is 13.4. The Hall–Kier alpha value is -2.95. The van der Waals surface area contributed by atoms with Crippen LogP contribution in [0.1, 0.15) is 28.1 Å². The molecular formula is C21H19FN6OS2. The highest BCUT2D eigenvalue weighted by atomic mass is 32.1. The first kappa shape index (κ1) is 20.0. The summed E-state index contributed by atoms with van der Waals surface area (Å²) in [5.74, 6) is -0.189. The summed E-state index contributed by atoms with van der Waals surface area (Å²) in [6.45, 7) is 4.98. The van der Waals surface area contributed by atoms with Gasteiger partial charge in [-0.2, -0.15) is 0 Å². The van der Waals surface area contributed by atoms with Gasteiger partial charge in [-0.1, -0.05) is 13.0 Å². The number of amides is 1. The van der Waals surface area contributed by atoms with Crippen molar-refractivity contribution in [2.75, 3.05) is 18.4 Å². The van der Waals surface area contributed by atoms with E-state index < -0.39 is 5.91 Å². The Bertz CT molecular complexity index is 1220. The largest absolute Gasteiger partial charge is 0.298 e. The number of carbonyl (C=O) groups is 1. The zero-order valence-electron chi connectivity index (χ0n) is 16.7. The van der Waals surface area contributed by atoms with Gasteiger partial charge in [0.2, 0.25) is 5.82 Å². The molecular weight excluding hydrogens is 435 g/mol. The number of hydrogen-bond acceptors (Lipinski definition) is 7. The molecule has 0 aliphatic carbocycles. The third kappa shape index (κ3) is 4.01. The van der Waals surface area contributed by atoms with Gasteiger partial charge in [0.05, 0.1) is 16.3 Å². The van der Waals surface area contributed by atoms with Gasteiger partial charge < -0.3 is 0 Å². The van der Waals surface area contributed by atoms with Crippen molar-refractivity contribution in [3.8, 4) is 16.4 Å². The smallest absolute Gasteiger partial charge is 0.297 e. The summed E-state index contributed by atoms with van der Waals surface area (Å²) in [6, 6.07) is 9.74. The van der Waals surface area contributed by atoms with Crippen LogP contribution in [0.3, 0.4) is 0 Å². The number of benzene rings is 1. The summed E-state index contributed by atoms with van der Waals surface area (Å²) in [4.78, 5) is 26.4. The van der Waals surface area contributed by atoms with E-state index in [0.29, 0.717) is 16.6 Å². The van der Waals surface area contributed by atoms with Gasteiger partial charge in [-0.15, -0.1) is 27.8 Å². The number of nitrogens with one attached hydrogen (secondary N) is 1. The van der Waals surface area contributed by atoms with Crippen LogP contribution in [0.15, 0.2) is 41.8 Å². The summed E-state index contributed by atoms with van der Waals surface area (Å²) in [5.41, 5.74) is 1.68. The van der Waals surface area contributed by atoms with Crippen molar-refractivity contribution in [2.45, 2.75) is 19.9 Å². The molecule has 4 heterocycles.